The van der Waals surface area contributed by atoms with Gasteiger partial charge < -0.3 is 4.98 Å². The van der Waals surface area contributed by atoms with Crippen LogP contribution in [0.1, 0.15) is 21.0 Å². The van der Waals surface area contributed by atoms with Crippen LogP contribution in [0.5, 0.6) is 0 Å². The fraction of sp³-hybridized carbons (Fsp3) is 0.211. The van der Waals surface area contributed by atoms with Gasteiger partial charge in [0.05, 0.1) is 0 Å². The first-order chi connectivity index (χ1) is 12.2. The monoisotopic (exact) mass is 353 g/mol. The van der Waals surface area contributed by atoms with Crippen molar-refractivity contribution in [2.75, 3.05) is 6.54 Å². The van der Waals surface area contributed by atoms with Gasteiger partial charge in [-0.05, 0) is 36.3 Å². The number of amides is 1. The molecule has 1 aliphatic rings. The fourth-order valence-corrected chi connectivity index (χ4v) is 4.33. The van der Waals surface area contributed by atoms with Gasteiger partial charge in [-0.3, -0.25) is 14.9 Å². The average molecular weight is 353 g/mol. The van der Waals surface area contributed by atoms with E-state index in [0.717, 1.165) is 30.9 Å². The van der Waals surface area contributed by atoms with E-state index in [0.29, 0.717) is 0 Å². The van der Waals surface area contributed by atoms with Crippen LogP contribution in [0.15, 0.2) is 42.5 Å². The molecule has 6 heteroatoms. The first-order valence-corrected chi connectivity index (χ1v) is 9.06. The number of H-pyrrole nitrogens is 1. The molecule has 5 nitrogen and oxygen atoms in total. The second-order valence-corrected chi connectivity index (χ2v) is 7.40. The number of hydroxylamine groups is 1. The van der Waals surface area contributed by atoms with Crippen LogP contribution in [0.3, 0.4) is 0 Å². The van der Waals surface area contributed by atoms with Crippen molar-refractivity contribution >= 4 is 34.2 Å². The molecule has 25 heavy (non-hydrogen) atoms. The Hall–Kier alpha value is -2.41. The summed E-state index contributed by atoms with van der Waals surface area (Å²) in [5, 5.41) is 9.86. The molecule has 0 saturated heterocycles. The van der Waals surface area contributed by atoms with E-state index in [1.807, 2.05) is 6.07 Å². The molecule has 0 atom stereocenters. The normalized spacial score (nSPS) is 14.9. The van der Waals surface area contributed by atoms with Crippen molar-refractivity contribution in [3.05, 3.63) is 63.5 Å². The number of carbonyl (C=O) groups is 1. The Kier molecular flexibility index (Phi) is 4.40. The number of carbonyl (C=O) groups excluding carboxylic acids is 1. The number of nitrogens with one attached hydrogen (secondary N) is 2. The zero-order valence-corrected chi connectivity index (χ0v) is 14.5. The van der Waals surface area contributed by atoms with E-state index < -0.39 is 5.91 Å². The van der Waals surface area contributed by atoms with E-state index in [9.17, 15) is 4.79 Å². The molecule has 4 rings (SSSR count). The maximum Gasteiger partial charge on any atom is 0.267 e. The summed E-state index contributed by atoms with van der Waals surface area (Å²) < 4.78 is 0. The average Bonchev–Trinajstić information content (AvgIpc) is 3.23. The predicted octanol–water partition coefficient (Wildman–Crippen LogP) is 3.31. The van der Waals surface area contributed by atoms with Gasteiger partial charge in [-0.15, -0.1) is 11.3 Å². The van der Waals surface area contributed by atoms with Gasteiger partial charge in [-0.1, -0.05) is 18.2 Å². The summed E-state index contributed by atoms with van der Waals surface area (Å²) in [6, 6.07) is 12.6. The van der Waals surface area contributed by atoms with Gasteiger partial charge in [-0.2, -0.15) is 0 Å². The molecule has 1 aliphatic heterocycles. The van der Waals surface area contributed by atoms with Crippen LogP contribution in [0.2, 0.25) is 0 Å². The Morgan fingerprint density at radius 1 is 1.32 bits per heavy atom. The van der Waals surface area contributed by atoms with Crippen LogP contribution in [-0.2, 0) is 24.3 Å². The smallest absolute Gasteiger partial charge is 0.267 e. The van der Waals surface area contributed by atoms with Crippen LogP contribution in [0.4, 0.5) is 0 Å². The molecule has 0 fully saturated rings. The molecule has 0 aliphatic carbocycles. The van der Waals surface area contributed by atoms with Crippen LogP contribution < -0.4 is 5.48 Å². The number of aromatic amines is 1. The fourth-order valence-electron chi connectivity index (χ4n) is 3.37. The number of fused-ring (bicyclic) bond motifs is 3. The zero-order valence-electron chi connectivity index (χ0n) is 13.7. The minimum absolute atomic E-state index is 0.516. The first-order valence-electron chi connectivity index (χ1n) is 8.24. The number of benzene rings is 1. The van der Waals surface area contributed by atoms with Gasteiger partial charge in [-0.25, -0.2) is 5.48 Å². The Morgan fingerprint density at radius 2 is 2.20 bits per heavy atom. The summed E-state index contributed by atoms with van der Waals surface area (Å²) in [7, 11) is 0. The first kappa shape index (κ1) is 16.1. The van der Waals surface area contributed by atoms with Crippen LogP contribution in [-0.4, -0.2) is 27.5 Å². The summed E-state index contributed by atoms with van der Waals surface area (Å²) in [6.07, 6.45) is 4.10. The Morgan fingerprint density at radius 3 is 3.08 bits per heavy atom. The Bertz CT molecular complexity index is 941. The van der Waals surface area contributed by atoms with Crippen molar-refractivity contribution in [3.63, 3.8) is 0 Å². The number of hydrogen-bond donors (Lipinski definition) is 3. The molecule has 3 aromatic rings. The van der Waals surface area contributed by atoms with Gasteiger partial charge in [0.2, 0.25) is 0 Å². The highest BCUT2D eigenvalue weighted by molar-refractivity contribution is 7.12. The number of hydrogen-bond acceptors (Lipinski definition) is 4. The number of para-hydroxylation sites is 1. The molecule has 0 spiro atoms. The lowest BCUT2D eigenvalue weighted by Crippen LogP contribution is -2.29. The standard InChI is InChI=1S/C19H19N3O2S/c23-19(21-24)8-7-13-5-6-14(25-13)11-22-10-9-16-15-3-1-2-4-17(15)20-18(16)12-22/h1-8,20,24H,9-12H2,(H,21,23)/b8-7+. The van der Waals surface area contributed by atoms with E-state index in [1.165, 1.54) is 33.1 Å². The molecule has 2 aromatic heterocycles. The molecule has 3 heterocycles. The third kappa shape index (κ3) is 3.37. The van der Waals surface area contributed by atoms with Crippen molar-refractivity contribution in [1.29, 1.82) is 0 Å². The van der Waals surface area contributed by atoms with Gasteiger partial charge in [0.25, 0.3) is 5.91 Å². The number of rotatable bonds is 4. The molecule has 0 bridgehead atoms. The summed E-state index contributed by atoms with van der Waals surface area (Å²) in [5.41, 5.74) is 5.60. The van der Waals surface area contributed by atoms with Gasteiger partial charge in [0.15, 0.2) is 0 Å². The number of aromatic nitrogens is 1. The van der Waals surface area contributed by atoms with Gasteiger partial charge >= 0.3 is 0 Å². The molecular formula is C19H19N3O2S. The van der Waals surface area contributed by atoms with Crippen molar-refractivity contribution in [3.8, 4) is 0 Å². The minimum atomic E-state index is -0.516. The summed E-state index contributed by atoms with van der Waals surface area (Å²) in [4.78, 5) is 19.3. The van der Waals surface area contributed by atoms with Crippen molar-refractivity contribution in [2.45, 2.75) is 19.5 Å². The Labute approximate surface area is 149 Å². The topological polar surface area (TPSA) is 68.4 Å². The van der Waals surface area contributed by atoms with Crippen molar-refractivity contribution in [2.24, 2.45) is 0 Å². The quantitative estimate of drug-likeness (QED) is 0.383. The van der Waals surface area contributed by atoms with Crippen LogP contribution in [0, 0.1) is 0 Å². The highest BCUT2D eigenvalue weighted by Crippen LogP contribution is 2.29. The van der Waals surface area contributed by atoms with E-state index in [1.54, 1.807) is 22.9 Å². The summed E-state index contributed by atoms with van der Waals surface area (Å²) in [6.45, 7) is 2.88. The molecule has 1 amide bonds. The maximum atomic E-state index is 11.0. The molecule has 1 aromatic carbocycles. The second-order valence-electron chi connectivity index (χ2n) is 6.20. The maximum absolute atomic E-state index is 11.0. The van der Waals surface area contributed by atoms with Gasteiger partial charge in [0.1, 0.15) is 0 Å². The SMILES string of the molecule is O=C(/C=C/c1ccc(CN2CCc3c([nH]c4ccccc34)C2)s1)NO. The van der Waals surface area contributed by atoms with E-state index >= 15 is 0 Å². The van der Waals surface area contributed by atoms with Gasteiger partial charge in [0, 0.05) is 52.1 Å². The van der Waals surface area contributed by atoms with E-state index in [2.05, 4.69) is 40.2 Å². The lowest BCUT2D eigenvalue weighted by molar-refractivity contribution is -0.124. The van der Waals surface area contributed by atoms with Crippen LogP contribution in [0.25, 0.3) is 17.0 Å². The third-order valence-electron chi connectivity index (χ3n) is 4.53. The third-order valence-corrected chi connectivity index (χ3v) is 5.57. The molecule has 0 unspecified atom stereocenters. The highest BCUT2D eigenvalue weighted by atomic mass is 32.1. The second kappa shape index (κ2) is 6.84. The summed E-state index contributed by atoms with van der Waals surface area (Å²) in [5.74, 6) is -0.516. The number of thiophene rings is 1. The molecule has 3 N–H and O–H groups in total. The van der Waals surface area contributed by atoms with Crippen molar-refractivity contribution in [1.82, 2.24) is 15.4 Å². The number of nitrogens with zero attached hydrogens (tertiary/aromatic N) is 1. The van der Waals surface area contributed by atoms with Crippen LogP contribution >= 0.6 is 11.3 Å². The van der Waals surface area contributed by atoms with E-state index in [-0.39, 0.29) is 0 Å². The van der Waals surface area contributed by atoms with E-state index in [4.69, 9.17) is 5.21 Å². The predicted molar refractivity (Wildman–Crippen MR) is 99.4 cm³/mol. The minimum Gasteiger partial charge on any atom is -0.357 e. The molecule has 0 radical (unpaired) electrons. The zero-order chi connectivity index (χ0) is 17.2. The lowest BCUT2D eigenvalue weighted by atomic mass is 10.0. The summed E-state index contributed by atoms with van der Waals surface area (Å²) >= 11 is 1.67. The molecular weight excluding hydrogens is 334 g/mol. The molecule has 0 saturated carbocycles. The Balaban J connectivity index is 1.45. The lowest BCUT2D eigenvalue weighted by Gasteiger charge is -2.26. The van der Waals surface area contributed by atoms with Crippen molar-refractivity contribution < 1.29 is 10.0 Å². The largest absolute Gasteiger partial charge is 0.357 e. The molecule has 128 valence electrons. The highest BCUT2D eigenvalue weighted by Gasteiger charge is 2.20.